The second-order valence-corrected chi connectivity index (χ2v) is 9.96. The van der Waals surface area contributed by atoms with Crippen molar-refractivity contribution in [1.82, 2.24) is 13.3 Å². The first-order chi connectivity index (χ1) is 19.9. The SMILES string of the molecule is C(#Cc1ccc(-n2c3ccccc3c3ccccc32)c2nsnc12)c1ccc([C]2[CH][CH][CH][CH]2)cc1.[CH]1[CH][CH][CH][CH]1.[Fe+2]. The fourth-order valence-corrected chi connectivity index (χ4v) is 5.66. The average molecular weight is 586 g/mol. The first-order valence-electron chi connectivity index (χ1n) is 13.1. The molecule has 41 heavy (non-hydrogen) atoms. The van der Waals surface area contributed by atoms with Gasteiger partial charge in [-0.3, -0.25) is 0 Å². The van der Waals surface area contributed by atoms with Gasteiger partial charge < -0.3 is 4.57 Å². The van der Waals surface area contributed by atoms with Crippen molar-refractivity contribution in [3.63, 3.8) is 0 Å². The minimum Gasteiger partial charge on any atom is -0.307 e. The van der Waals surface area contributed by atoms with Gasteiger partial charge in [0, 0.05) is 22.3 Å². The van der Waals surface area contributed by atoms with Gasteiger partial charge in [-0.1, -0.05) is 60.4 Å². The third kappa shape index (κ3) is 5.57. The van der Waals surface area contributed by atoms with Gasteiger partial charge in [0.15, 0.2) is 0 Å². The van der Waals surface area contributed by atoms with Gasteiger partial charge in [0.1, 0.15) is 11.0 Å². The van der Waals surface area contributed by atoms with Gasteiger partial charge in [0.05, 0.1) is 34.0 Å². The van der Waals surface area contributed by atoms with E-state index in [-0.39, 0.29) is 17.1 Å². The van der Waals surface area contributed by atoms with E-state index >= 15 is 0 Å². The van der Waals surface area contributed by atoms with Gasteiger partial charge in [-0.15, -0.1) is 0 Å². The van der Waals surface area contributed by atoms with E-state index in [1.54, 1.807) is 0 Å². The smallest absolute Gasteiger partial charge is 0.307 e. The molecule has 2 heterocycles. The predicted octanol–water partition coefficient (Wildman–Crippen LogP) is 7.96. The molecular formula is C36H23FeN3S+2. The Bertz CT molecular complexity index is 1780. The van der Waals surface area contributed by atoms with Crippen LogP contribution in [0.4, 0.5) is 0 Å². The quantitative estimate of drug-likeness (QED) is 0.153. The Balaban J connectivity index is 0.000000458. The van der Waals surface area contributed by atoms with Crippen LogP contribution >= 0.6 is 11.7 Å². The molecule has 2 aliphatic rings. The molecule has 0 saturated heterocycles. The molecular weight excluding hydrogens is 562 g/mol. The van der Waals surface area contributed by atoms with Gasteiger partial charge >= 0.3 is 17.1 Å². The van der Waals surface area contributed by atoms with Crippen LogP contribution in [0.3, 0.4) is 0 Å². The standard InChI is InChI=1S/C31H18N3S.C5H5.Fe/c1-2-8-22(7-1)23-16-13-21(14-17-23)15-18-24-19-20-29(31-30(24)32-35-33-31)34-27-11-5-3-9-25(27)26-10-4-6-12-28(26)34;1-2-4-5-3-1;/h1-14,16-17,19-20H;1-5H;/q;;+2. The molecule has 5 heteroatoms. The second kappa shape index (κ2) is 12.6. The van der Waals surface area contributed by atoms with Crippen LogP contribution in [-0.2, 0) is 17.1 Å². The molecule has 0 amide bonds. The zero-order valence-corrected chi connectivity index (χ0v) is 23.8. The van der Waals surface area contributed by atoms with Gasteiger partial charge in [0.25, 0.3) is 0 Å². The summed E-state index contributed by atoms with van der Waals surface area (Å²) in [5.41, 5.74) is 8.12. The van der Waals surface area contributed by atoms with E-state index in [0.717, 1.165) is 38.9 Å². The van der Waals surface area contributed by atoms with Crippen LogP contribution in [0.2, 0.25) is 0 Å². The van der Waals surface area contributed by atoms with Crippen LogP contribution in [-0.4, -0.2) is 13.3 Å². The summed E-state index contributed by atoms with van der Waals surface area (Å²) in [6.07, 6.45) is 18.3. The minimum atomic E-state index is 0. The van der Waals surface area contributed by atoms with E-state index in [1.165, 1.54) is 34.0 Å². The summed E-state index contributed by atoms with van der Waals surface area (Å²) in [6, 6.07) is 29.6. The van der Waals surface area contributed by atoms with Crippen molar-refractivity contribution in [1.29, 1.82) is 0 Å². The number of aromatic nitrogens is 3. The molecule has 2 fully saturated rings. The Morgan fingerprint density at radius 1 is 0.561 bits per heavy atom. The van der Waals surface area contributed by atoms with Gasteiger partial charge in [0.2, 0.25) is 0 Å². The number of hydrogen-bond acceptors (Lipinski definition) is 3. The van der Waals surface area contributed by atoms with E-state index in [1.807, 2.05) is 32.1 Å². The van der Waals surface area contributed by atoms with Gasteiger partial charge in [-0.2, -0.15) is 8.75 Å². The molecule has 6 aromatic rings. The first kappa shape index (κ1) is 27.7. The predicted molar refractivity (Wildman–Crippen MR) is 165 cm³/mol. The zero-order chi connectivity index (χ0) is 26.7. The average Bonchev–Trinajstić information content (AvgIpc) is 3.84. The van der Waals surface area contributed by atoms with Crippen molar-refractivity contribution >= 4 is 44.6 Å². The van der Waals surface area contributed by atoms with E-state index in [2.05, 4.69) is 136 Å². The Morgan fingerprint density at radius 3 is 1.78 bits per heavy atom. The van der Waals surface area contributed by atoms with Crippen LogP contribution in [0.5, 0.6) is 0 Å². The summed E-state index contributed by atoms with van der Waals surface area (Å²) < 4.78 is 11.6. The molecule has 3 nitrogen and oxygen atoms in total. The molecule has 0 N–H and O–H groups in total. The second-order valence-electron chi connectivity index (χ2n) is 9.43. The van der Waals surface area contributed by atoms with Gasteiger partial charge in [-0.05, 0) is 99.7 Å². The molecule has 194 valence electrons. The van der Waals surface area contributed by atoms with Gasteiger partial charge in [-0.25, -0.2) is 0 Å². The minimum absolute atomic E-state index is 0. The Kier molecular flexibility index (Phi) is 8.54. The number of fused-ring (bicyclic) bond motifs is 4. The molecule has 0 unspecified atom stereocenters. The Hall–Kier alpha value is -3.42. The number of benzene rings is 4. The molecule has 0 bridgehead atoms. The van der Waals surface area contributed by atoms with Crippen LogP contribution in [0.1, 0.15) is 16.7 Å². The van der Waals surface area contributed by atoms with Crippen molar-refractivity contribution in [2.24, 2.45) is 0 Å². The Morgan fingerprint density at radius 2 is 1.15 bits per heavy atom. The Labute approximate surface area is 256 Å². The number of hydrogen-bond donors (Lipinski definition) is 0. The molecule has 8 rings (SSSR count). The third-order valence-electron chi connectivity index (χ3n) is 6.99. The van der Waals surface area contributed by atoms with E-state index < -0.39 is 0 Å². The van der Waals surface area contributed by atoms with Crippen LogP contribution < -0.4 is 0 Å². The van der Waals surface area contributed by atoms with Crippen molar-refractivity contribution in [3.8, 4) is 17.5 Å². The van der Waals surface area contributed by atoms with Crippen molar-refractivity contribution in [2.75, 3.05) is 0 Å². The summed E-state index contributed by atoms with van der Waals surface area (Å²) in [7, 11) is 0. The summed E-state index contributed by atoms with van der Waals surface area (Å²) in [6.45, 7) is 0. The molecule has 2 aliphatic carbocycles. The molecule has 4 aromatic carbocycles. The molecule has 10 radical (unpaired) electrons. The topological polar surface area (TPSA) is 30.7 Å². The number of para-hydroxylation sites is 2. The fraction of sp³-hybridized carbons (Fsp3) is 0. The van der Waals surface area contributed by atoms with E-state index in [4.69, 9.17) is 0 Å². The molecule has 2 saturated carbocycles. The maximum Gasteiger partial charge on any atom is 2.00 e. The summed E-state index contributed by atoms with van der Waals surface area (Å²) in [5, 5.41) is 2.46. The molecule has 0 spiro atoms. The monoisotopic (exact) mass is 585 g/mol. The van der Waals surface area contributed by atoms with Crippen LogP contribution in [0.25, 0.3) is 38.5 Å². The summed E-state index contributed by atoms with van der Waals surface area (Å²) in [5.74, 6) is 7.87. The van der Waals surface area contributed by atoms with Crippen molar-refractivity contribution in [3.05, 3.63) is 165 Å². The maximum absolute atomic E-state index is 4.69. The maximum atomic E-state index is 4.69. The summed E-state index contributed by atoms with van der Waals surface area (Å²) in [4.78, 5) is 0. The number of nitrogens with zero attached hydrogens (tertiary/aromatic N) is 3. The third-order valence-corrected chi connectivity index (χ3v) is 7.52. The van der Waals surface area contributed by atoms with Crippen molar-refractivity contribution < 1.29 is 17.1 Å². The van der Waals surface area contributed by atoms with E-state index in [9.17, 15) is 0 Å². The number of rotatable bonds is 2. The fourth-order valence-electron chi connectivity index (χ4n) is 5.09. The normalized spacial score (nSPS) is 14.9. The van der Waals surface area contributed by atoms with Crippen LogP contribution in [0.15, 0.2) is 84.9 Å². The van der Waals surface area contributed by atoms with E-state index in [0.29, 0.717) is 0 Å². The van der Waals surface area contributed by atoms with Crippen LogP contribution in [0, 0.1) is 75.5 Å². The molecule has 2 aromatic heterocycles. The zero-order valence-electron chi connectivity index (χ0n) is 21.9. The van der Waals surface area contributed by atoms with Crippen molar-refractivity contribution in [2.45, 2.75) is 0 Å². The molecule has 0 aliphatic heterocycles. The summed E-state index contributed by atoms with van der Waals surface area (Å²) >= 11 is 1.23. The first-order valence-corrected chi connectivity index (χ1v) is 13.8. The largest absolute Gasteiger partial charge is 2.00 e. The molecule has 0 atom stereocenters.